The van der Waals surface area contributed by atoms with Crippen molar-refractivity contribution in [3.05, 3.63) is 35.7 Å². The van der Waals surface area contributed by atoms with Gasteiger partial charge in [-0.15, -0.1) is 0 Å². The van der Waals surface area contributed by atoms with Crippen molar-refractivity contribution < 1.29 is 8.42 Å². The van der Waals surface area contributed by atoms with Gasteiger partial charge in [0.15, 0.2) is 9.84 Å². The highest BCUT2D eigenvalue weighted by molar-refractivity contribution is 7.90. The Morgan fingerprint density at radius 2 is 1.90 bits per heavy atom. The molecular weight excluding hydrogens is 306 g/mol. The predicted molar refractivity (Wildman–Crippen MR) is 85.7 cm³/mol. The average molecular weight is 325 g/mol. The number of anilines is 1. The minimum Gasteiger partial charge on any atom is -0.343 e. The Morgan fingerprint density at radius 3 is 2.38 bits per heavy atom. The van der Waals surface area contributed by atoms with Crippen molar-refractivity contribution in [1.82, 2.24) is 9.36 Å². The van der Waals surface area contributed by atoms with Gasteiger partial charge in [0.1, 0.15) is 5.82 Å². The molecule has 5 nitrogen and oxygen atoms in total. The third-order valence-corrected chi connectivity index (χ3v) is 5.42. The van der Waals surface area contributed by atoms with Crippen LogP contribution < -0.4 is 4.90 Å². The molecule has 7 heteroatoms. The van der Waals surface area contributed by atoms with E-state index in [1.807, 2.05) is 31.0 Å². The standard InChI is InChI=1S/C14H19N3O2S2/c1-5-13-15-14(20-16-13)17(3)10(2)11-6-8-12(9-7-11)21(4,18)19/h6-10H,5H2,1-4H3. The van der Waals surface area contributed by atoms with E-state index in [0.717, 1.165) is 22.9 Å². The van der Waals surface area contributed by atoms with Crippen LogP contribution in [0.4, 0.5) is 5.13 Å². The largest absolute Gasteiger partial charge is 0.343 e. The SMILES string of the molecule is CCc1nsc(N(C)C(C)c2ccc(S(C)(=O)=O)cc2)n1. The smallest absolute Gasteiger partial charge is 0.205 e. The van der Waals surface area contributed by atoms with Crippen LogP contribution in [-0.2, 0) is 16.3 Å². The molecule has 114 valence electrons. The highest BCUT2D eigenvalue weighted by atomic mass is 32.2. The Morgan fingerprint density at radius 1 is 1.29 bits per heavy atom. The van der Waals surface area contributed by atoms with Crippen LogP contribution in [0.15, 0.2) is 29.2 Å². The second-order valence-electron chi connectivity index (χ2n) is 4.97. The summed E-state index contributed by atoms with van der Waals surface area (Å²) in [7, 11) is -1.18. The third kappa shape index (κ3) is 3.59. The summed E-state index contributed by atoms with van der Waals surface area (Å²) in [6.45, 7) is 4.08. The quantitative estimate of drug-likeness (QED) is 0.846. The Labute approximate surface area is 129 Å². The van der Waals surface area contributed by atoms with E-state index < -0.39 is 9.84 Å². The van der Waals surface area contributed by atoms with Gasteiger partial charge in [-0.05, 0) is 24.6 Å². The fraction of sp³-hybridized carbons (Fsp3) is 0.429. The highest BCUT2D eigenvalue weighted by Gasteiger charge is 2.17. The average Bonchev–Trinajstić information content (AvgIpc) is 2.94. The van der Waals surface area contributed by atoms with Gasteiger partial charge in [-0.3, -0.25) is 0 Å². The van der Waals surface area contributed by atoms with Crippen LogP contribution in [0.25, 0.3) is 0 Å². The minimum atomic E-state index is -3.15. The molecule has 1 heterocycles. The lowest BCUT2D eigenvalue weighted by Crippen LogP contribution is -2.21. The Kier molecular flexibility index (Phi) is 4.63. The van der Waals surface area contributed by atoms with Crippen LogP contribution in [0.5, 0.6) is 0 Å². The molecule has 0 aliphatic carbocycles. The molecule has 0 aliphatic heterocycles. The van der Waals surface area contributed by atoms with Crippen molar-refractivity contribution in [3.8, 4) is 0 Å². The Bertz CT molecular complexity index is 708. The zero-order chi connectivity index (χ0) is 15.6. The fourth-order valence-corrected chi connectivity index (χ4v) is 3.33. The van der Waals surface area contributed by atoms with Crippen LogP contribution in [0.2, 0.25) is 0 Å². The summed E-state index contributed by atoms with van der Waals surface area (Å²) >= 11 is 1.38. The summed E-state index contributed by atoms with van der Waals surface area (Å²) in [6.07, 6.45) is 2.03. The second kappa shape index (κ2) is 6.11. The van der Waals surface area contributed by atoms with Gasteiger partial charge in [0.2, 0.25) is 5.13 Å². The molecule has 0 N–H and O–H groups in total. The molecule has 0 saturated carbocycles. The van der Waals surface area contributed by atoms with Gasteiger partial charge in [0.05, 0.1) is 10.9 Å². The minimum absolute atomic E-state index is 0.0938. The van der Waals surface area contributed by atoms with Gasteiger partial charge in [-0.25, -0.2) is 13.4 Å². The molecule has 1 unspecified atom stereocenters. The van der Waals surface area contributed by atoms with Gasteiger partial charge in [0.25, 0.3) is 0 Å². The number of hydrogen-bond acceptors (Lipinski definition) is 6. The molecule has 2 aromatic rings. The monoisotopic (exact) mass is 325 g/mol. The Balaban J connectivity index is 2.21. The molecule has 0 bridgehead atoms. The normalized spacial score (nSPS) is 13.1. The lowest BCUT2D eigenvalue weighted by molar-refractivity contribution is 0.601. The van der Waals surface area contributed by atoms with E-state index in [4.69, 9.17) is 0 Å². The van der Waals surface area contributed by atoms with E-state index in [1.165, 1.54) is 17.8 Å². The van der Waals surface area contributed by atoms with E-state index >= 15 is 0 Å². The van der Waals surface area contributed by atoms with Gasteiger partial charge in [-0.1, -0.05) is 19.1 Å². The summed E-state index contributed by atoms with van der Waals surface area (Å²) in [5, 5.41) is 0.867. The maximum absolute atomic E-state index is 11.5. The van der Waals surface area contributed by atoms with Crippen LogP contribution in [-0.4, -0.2) is 31.1 Å². The van der Waals surface area contributed by atoms with Crippen molar-refractivity contribution in [1.29, 1.82) is 0 Å². The number of aromatic nitrogens is 2. The molecule has 0 aliphatic rings. The van der Waals surface area contributed by atoms with Crippen molar-refractivity contribution in [3.63, 3.8) is 0 Å². The first-order valence-corrected chi connectivity index (χ1v) is 9.35. The van der Waals surface area contributed by atoms with E-state index in [1.54, 1.807) is 12.1 Å². The molecule has 0 radical (unpaired) electrons. The summed E-state index contributed by atoms with van der Waals surface area (Å²) in [5.41, 5.74) is 1.04. The van der Waals surface area contributed by atoms with Crippen LogP contribution in [0.1, 0.15) is 31.3 Å². The summed E-state index contributed by atoms with van der Waals surface area (Å²) < 4.78 is 27.2. The molecular formula is C14H19N3O2S2. The first-order valence-electron chi connectivity index (χ1n) is 6.68. The predicted octanol–water partition coefficient (Wildman–Crippen LogP) is 2.70. The van der Waals surface area contributed by atoms with Crippen LogP contribution in [0, 0.1) is 0 Å². The number of aryl methyl sites for hydroxylation is 1. The summed E-state index contributed by atoms with van der Waals surface area (Å²) in [5.74, 6) is 0.849. The first kappa shape index (κ1) is 15.9. The van der Waals surface area contributed by atoms with E-state index in [9.17, 15) is 8.42 Å². The number of sulfone groups is 1. The van der Waals surface area contributed by atoms with Crippen LogP contribution in [0.3, 0.4) is 0 Å². The lowest BCUT2D eigenvalue weighted by Gasteiger charge is -2.24. The number of hydrogen-bond donors (Lipinski definition) is 0. The molecule has 0 spiro atoms. The molecule has 1 aromatic heterocycles. The number of benzene rings is 1. The molecule has 1 aromatic carbocycles. The third-order valence-electron chi connectivity index (χ3n) is 3.45. The van der Waals surface area contributed by atoms with Crippen molar-refractivity contribution in [2.24, 2.45) is 0 Å². The highest BCUT2D eigenvalue weighted by Crippen LogP contribution is 2.27. The summed E-state index contributed by atoms with van der Waals surface area (Å²) in [6, 6.07) is 7.08. The maximum atomic E-state index is 11.5. The molecule has 0 fully saturated rings. The zero-order valence-corrected chi connectivity index (χ0v) is 14.2. The number of nitrogens with zero attached hydrogens (tertiary/aromatic N) is 3. The molecule has 2 rings (SSSR count). The van der Waals surface area contributed by atoms with Crippen LogP contribution >= 0.6 is 11.5 Å². The zero-order valence-electron chi connectivity index (χ0n) is 12.6. The summed E-state index contributed by atoms with van der Waals surface area (Å²) in [4.78, 5) is 6.86. The topological polar surface area (TPSA) is 63.2 Å². The first-order chi connectivity index (χ1) is 9.82. The van der Waals surface area contributed by atoms with Gasteiger partial charge in [-0.2, -0.15) is 4.37 Å². The molecule has 0 amide bonds. The van der Waals surface area contributed by atoms with Crippen molar-refractivity contribution >= 4 is 26.5 Å². The van der Waals surface area contributed by atoms with Gasteiger partial charge >= 0.3 is 0 Å². The van der Waals surface area contributed by atoms with Crippen molar-refractivity contribution in [2.45, 2.75) is 31.2 Å². The maximum Gasteiger partial charge on any atom is 0.205 e. The Hall–Kier alpha value is -1.47. The van der Waals surface area contributed by atoms with Crippen molar-refractivity contribution in [2.75, 3.05) is 18.2 Å². The molecule has 1 atom stereocenters. The number of rotatable bonds is 5. The fourth-order valence-electron chi connectivity index (χ4n) is 1.91. The van der Waals surface area contributed by atoms with E-state index in [2.05, 4.69) is 16.3 Å². The second-order valence-corrected chi connectivity index (χ2v) is 7.72. The van der Waals surface area contributed by atoms with E-state index in [-0.39, 0.29) is 6.04 Å². The van der Waals surface area contributed by atoms with E-state index in [0.29, 0.717) is 4.90 Å². The molecule has 21 heavy (non-hydrogen) atoms. The van der Waals surface area contributed by atoms with Gasteiger partial charge < -0.3 is 4.90 Å². The lowest BCUT2D eigenvalue weighted by atomic mass is 10.1. The molecule has 0 saturated heterocycles. The van der Waals surface area contributed by atoms with Gasteiger partial charge in [0, 0.05) is 31.3 Å².